The first-order valence-corrected chi connectivity index (χ1v) is 5.00. The summed E-state index contributed by atoms with van der Waals surface area (Å²) >= 11 is 0. The molecule has 0 aliphatic rings. The van der Waals surface area contributed by atoms with Crippen molar-refractivity contribution < 1.29 is 4.39 Å². The molecular weight excluding hydrogens is 181 g/mol. The summed E-state index contributed by atoms with van der Waals surface area (Å²) in [6.45, 7) is 3.82. The van der Waals surface area contributed by atoms with Crippen molar-refractivity contribution in [3.63, 3.8) is 0 Å². The van der Waals surface area contributed by atoms with Crippen molar-refractivity contribution in [3.05, 3.63) is 11.9 Å². The molecule has 2 atom stereocenters. The SMILES string of the molecule is CCCC(N=C/C(N)=C\N)C(F)CC. The molecule has 0 amide bonds. The molecule has 0 rings (SSSR count). The van der Waals surface area contributed by atoms with Gasteiger partial charge in [-0.15, -0.1) is 0 Å². The van der Waals surface area contributed by atoms with Crippen molar-refractivity contribution >= 4 is 6.21 Å². The first-order chi connectivity index (χ1) is 6.65. The largest absolute Gasteiger partial charge is 0.403 e. The van der Waals surface area contributed by atoms with Gasteiger partial charge in [-0.3, -0.25) is 4.99 Å². The Hall–Kier alpha value is -1.06. The topological polar surface area (TPSA) is 64.4 Å². The lowest BCUT2D eigenvalue weighted by atomic mass is 10.1. The molecule has 14 heavy (non-hydrogen) atoms. The molecule has 0 aromatic heterocycles. The van der Waals surface area contributed by atoms with Crippen LogP contribution in [0.5, 0.6) is 0 Å². The Labute approximate surface area is 85.1 Å². The normalized spacial score (nSPS) is 17.2. The van der Waals surface area contributed by atoms with Crippen molar-refractivity contribution in [2.75, 3.05) is 0 Å². The summed E-state index contributed by atoms with van der Waals surface area (Å²) in [6, 6.07) is -0.288. The van der Waals surface area contributed by atoms with Crippen LogP contribution in [-0.4, -0.2) is 18.4 Å². The van der Waals surface area contributed by atoms with Crippen LogP contribution < -0.4 is 11.5 Å². The third-order valence-corrected chi connectivity index (χ3v) is 2.00. The molecule has 0 aliphatic heterocycles. The number of aliphatic imine (C=N–C) groups is 1. The van der Waals surface area contributed by atoms with E-state index in [0.29, 0.717) is 12.1 Å². The maximum Gasteiger partial charge on any atom is 0.122 e. The minimum absolute atomic E-state index is 0.288. The molecule has 0 aromatic rings. The van der Waals surface area contributed by atoms with Crippen molar-refractivity contribution in [2.24, 2.45) is 16.5 Å². The molecule has 0 spiro atoms. The number of allylic oxidation sites excluding steroid dienone is 1. The zero-order chi connectivity index (χ0) is 11.0. The standard InChI is InChI=1S/C10H20FN3/c1-3-5-10(9(11)4-2)14-7-8(13)6-12/h6-7,9-10H,3-5,12-13H2,1-2H3/b8-6+,14-7?. The van der Waals surface area contributed by atoms with Crippen LogP contribution in [-0.2, 0) is 0 Å². The average molecular weight is 201 g/mol. The Bertz CT molecular complexity index is 202. The number of nitrogens with zero attached hydrogens (tertiary/aromatic N) is 1. The Morgan fingerprint density at radius 1 is 1.50 bits per heavy atom. The summed E-state index contributed by atoms with van der Waals surface area (Å²) in [7, 11) is 0. The molecule has 0 saturated heterocycles. The Kier molecular flexibility index (Phi) is 6.80. The lowest BCUT2D eigenvalue weighted by Gasteiger charge is -2.14. The van der Waals surface area contributed by atoms with Crippen molar-refractivity contribution in [3.8, 4) is 0 Å². The molecular formula is C10H20FN3. The second-order valence-corrected chi connectivity index (χ2v) is 3.23. The van der Waals surface area contributed by atoms with Crippen LogP contribution in [0, 0.1) is 0 Å². The van der Waals surface area contributed by atoms with Gasteiger partial charge in [0.15, 0.2) is 0 Å². The summed E-state index contributed by atoms with van der Waals surface area (Å²) in [6.07, 6.45) is 3.93. The van der Waals surface area contributed by atoms with Crippen LogP contribution in [0.1, 0.15) is 33.1 Å². The average Bonchev–Trinajstić information content (AvgIpc) is 2.22. The van der Waals surface area contributed by atoms with E-state index in [-0.39, 0.29) is 6.04 Å². The maximum atomic E-state index is 13.3. The number of halogens is 1. The van der Waals surface area contributed by atoms with Crippen LogP contribution in [0.2, 0.25) is 0 Å². The second kappa shape index (κ2) is 7.35. The van der Waals surface area contributed by atoms with E-state index in [4.69, 9.17) is 11.5 Å². The molecule has 82 valence electrons. The van der Waals surface area contributed by atoms with Crippen molar-refractivity contribution in [2.45, 2.75) is 45.3 Å². The number of hydrogen-bond acceptors (Lipinski definition) is 3. The summed E-state index contributed by atoms with van der Waals surface area (Å²) in [5, 5.41) is 0. The minimum Gasteiger partial charge on any atom is -0.403 e. The van der Waals surface area contributed by atoms with Crippen molar-refractivity contribution in [1.29, 1.82) is 0 Å². The van der Waals surface area contributed by atoms with E-state index < -0.39 is 6.17 Å². The summed E-state index contributed by atoms with van der Waals surface area (Å²) in [5.41, 5.74) is 11.0. The van der Waals surface area contributed by atoms with Crippen LogP contribution >= 0.6 is 0 Å². The van der Waals surface area contributed by atoms with Gasteiger partial charge in [0.25, 0.3) is 0 Å². The fourth-order valence-corrected chi connectivity index (χ4v) is 1.14. The Balaban J connectivity index is 4.28. The van der Waals surface area contributed by atoms with Crippen LogP contribution in [0.15, 0.2) is 16.9 Å². The first-order valence-electron chi connectivity index (χ1n) is 5.00. The molecule has 4 N–H and O–H groups in total. The van der Waals surface area contributed by atoms with Gasteiger partial charge in [-0.1, -0.05) is 20.3 Å². The van der Waals surface area contributed by atoms with E-state index in [0.717, 1.165) is 12.8 Å². The molecule has 2 unspecified atom stereocenters. The molecule has 3 nitrogen and oxygen atoms in total. The predicted octanol–water partition coefficient (Wildman–Crippen LogP) is 1.73. The first kappa shape index (κ1) is 12.9. The van der Waals surface area contributed by atoms with E-state index in [1.807, 2.05) is 13.8 Å². The molecule has 0 bridgehead atoms. The zero-order valence-corrected chi connectivity index (χ0v) is 8.91. The maximum absolute atomic E-state index is 13.3. The van der Waals surface area contributed by atoms with Gasteiger partial charge in [-0.05, 0) is 12.8 Å². The van der Waals surface area contributed by atoms with Crippen LogP contribution in [0.4, 0.5) is 4.39 Å². The van der Waals surface area contributed by atoms with E-state index in [1.54, 1.807) is 0 Å². The van der Waals surface area contributed by atoms with Gasteiger partial charge in [0.1, 0.15) is 6.17 Å². The van der Waals surface area contributed by atoms with E-state index in [2.05, 4.69) is 4.99 Å². The molecule has 0 heterocycles. The number of alkyl halides is 1. The molecule has 0 aromatic carbocycles. The lowest BCUT2D eigenvalue weighted by Crippen LogP contribution is -2.20. The number of rotatable bonds is 6. The highest BCUT2D eigenvalue weighted by Gasteiger charge is 2.16. The predicted molar refractivity (Wildman–Crippen MR) is 58.8 cm³/mol. The van der Waals surface area contributed by atoms with Gasteiger partial charge in [0.2, 0.25) is 0 Å². The number of nitrogens with two attached hydrogens (primary N) is 2. The summed E-state index contributed by atoms with van der Waals surface area (Å²) in [4.78, 5) is 4.08. The van der Waals surface area contributed by atoms with Gasteiger partial charge in [-0.2, -0.15) is 0 Å². The van der Waals surface area contributed by atoms with Gasteiger partial charge >= 0.3 is 0 Å². The summed E-state index contributed by atoms with van der Waals surface area (Å²) < 4.78 is 13.3. The van der Waals surface area contributed by atoms with E-state index >= 15 is 0 Å². The van der Waals surface area contributed by atoms with Gasteiger partial charge in [0.05, 0.1) is 11.7 Å². The summed E-state index contributed by atoms with van der Waals surface area (Å²) in [5.74, 6) is 0. The quantitative estimate of drug-likeness (QED) is 0.643. The highest BCUT2D eigenvalue weighted by Crippen LogP contribution is 2.13. The zero-order valence-electron chi connectivity index (χ0n) is 8.91. The molecule has 4 heteroatoms. The Morgan fingerprint density at radius 2 is 2.14 bits per heavy atom. The second-order valence-electron chi connectivity index (χ2n) is 3.23. The van der Waals surface area contributed by atoms with Gasteiger partial charge in [0, 0.05) is 12.4 Å². The lowest BCUT2D eigenvalue weighted by molar-refractivity contribution is 0.265. The molecule has 0 fully saturated rings. The monoisotopic (exact) mass is 201 g/mol. The highest BCUT2D eigenvalue weighted by atomic mass is 19.1. The molecule has 0 saturated carbocycles. The number of hydrogen-bond donors (Lipinski definition) is 2. The highest BCUT2D eigenvalue weighted by molar-refractivity contribution is 5.77. The third-order valence-electron chi connectivity index (χ3n) is 2.00. The third kappa shape index (κ3) is 4.84. The fourth-order valence-electron chi connectivity index (χ4n) is 1.14. The molecule has 0 radical (unpaired) electrons. The van der Waals surface area contributed by atoms with Crippen LogP contribution in [0.3, 0.4) is 0 Å². The van der Waals surface area contributed by atoms with Crippen LogP contribution in [0.25, 0.3) is 0 Å². The molecule has 0 aliphatic carbocycles. The van der Waals surface area contributed by atoms with E-state index in [9.17, 15) is 4.39 Å². The Morgan fingerprint density at radius 3 is 2.57 bits per heavy atom. The fraction of sp³-hybridized carbons (Fsp3) is 0.700. The van der Waals surface area contributed by atoms with Gasteiger partial charge in [-0.25, -0.2) is 4.39 Å². The van der Waals surface area contributed by atoms with Crippen molar-refractivity contribution in [1.82, 2.24) is 0 Å². The van der Waals surface area contributed by atoms with E-state index in [1.165, 1.54) is 12.4 Å². The minimum atomic E-state index is -0.892. The van der Waals surface area contributed by atoms with Gasteiger partial charge < -0.3 is 11.5 Å². The smallest absolute Gasteiger partial charge is 0.122 e.